The number of fused-ring (bicyclic) bond motifs is 2. The van der Waals surface area contributed by atoms with Crippen LogP contribution < -0.4 is 0 Å². The second-order valence-corrected chi connectivity index (χ2v) is 5.42. The van der Waals surface area contributed by atoms with Gasteiger partial charge in [-0.25, -0.2) is 4.79 Å². The smallest absolute Gasteiger partial charge is 0.410 e. The summed E-state index contributed by atoms with van der Waals surface area (Å²) in [4.78, 5) is 24.8. The van der Waals surface area contributed by atoms with Crippen LogP contribution in [0.2, 0.25) is 0 Å². The molecule has 0 aromatic rings. The number of hydrogen-bond acceptors (Lipinski definition) is 3. The van der Waals surface area contributed by atoms with Crippen LogP contribution >= 0.6 is 0 Å². The summed E-state index contributed by atoms with van der Waals surface area (Å²) in [7, 11) is 0. The molecule has 1 saturated heterocycles. The number of ketones is 1. The van der Waals surface area contributed by atoms with E-state index >= 15 is 0 Å². The molecule has 1 heterocycles. The molecule has 15 heavy (non-hydrogen) atoms. The van der Waals surface area contributed by atoms with Gasteiger partial charge in [0.2, 0.25) is 0 Å². The summed E-state index contributed by atoms with van der Waals surface area (Å²) in [6, 6.07) is -0.204. The molecule has 1 saturated carbocycles. The first-order valence-electron chi connectivity index (χ1n) is 5.39. The maximum atomic E-state index is 11.7. The molecule has 0 unspecified atom stereocenters. The van der Waals surface area contributed by atoms with E-state index in [-0.39, 0.29) is 17.9 Å². The Morgan fingerprint density at radius 2 is 2.13 bits per heavy atom. The topological polar surface area (TPSA) is 46.6 Å². The summed E-state index contributed by atoms with van der Waals surface area (Å²) < 4.78 is 5.26. The molecule has 2 atom stereocenters. The van der Waals surface area contributed by atoms with E-state index < -0.39 is 5.60 Å². The molecule has 0 spiro atoms. The summed E-state index contributed by atoms with van der Waals surface area (Å²) in [5.41, 5.74) is -0.484. The third kappa shape index (κ3) is 1.98. The molecule has 1 aliphatic carbocycles. The lowest BCUT2D eigenvalue weighted by Crippen LogP contribution is -2.45. The van der Waals surface area contributed by atoms with Crippen molar-refractivity contribution < 1.29 is 14.3 Å². The Bertz CT molecular complexity index is 305. The zero-order chi connectivity index (χ0) is 11.2. The Morgan fingerprint density at radius 3 is 2.60 bits per heavy atom. The minimum Gasteiger partial charge on any atom is -0.444 e. The fourth-order valence-corrected chi connectivity index (χ4v) is 2.32. The highest BCUT2D eigenvalue weighted by molar-refractivity contribution is 5.91. The number of likely N-dealkylation sites (tertiary alicyclic amines) is 1. The quantitative estimate of drug-likeness (QED) is 0.611. The second-order valence-electron chi connectivity index (χ2n) is 5.42. The predicted molar refractivity (Wildman–Crippen MR) is 54.5 cm³/mol. The average molecular weight is 211 g/mol. The Labute approximate surface area is 89.6 Å². The maximum Gasteiger partial charge on any atom is 0.410 e. The van der Waals surface area contributed by atoms with Crippen LogP contribution in [0, 0.1) is 5.92 Å². The van der Waals surface area contributed by atoms with Crippen molar-refractivity contribution in [3.63, 3.8) is 0 Å². The zero-order valence-electron chi connectivity index (χ0n) is 9.45. The SMILES string of the molecule is CC(C)(C)OC(=O)N1C[C@H]2CC(=O)[C@@H]1C2. The Kier molecular flexibility index (Phi) is 2.24. The van der Waals surface area contributed by atoms with Gasteiger partial charge in [0.15, 0.2) is 5.78 Å². The summed E-state index contributed by atoms with van der Waals surface area (Å²) in [5.74, 6) is 0.562. The van der Waals surface area contributed by atoms with Crippen molar-refractivity contribution in [3.05, 3.63) is 0 Å². The van der Waals surface area contributed by atoms with Crippen LogP contribution in [0.4, 0.5) is 4.79 Å². The predicted octanol–water partition coefficient (Wildman–Crippen LogP) is 1.58. The van der Waals surface area contributed by atoms with Crippen molar-refractivity contribution in [2.75, 3.05) is 6.54 Å². The number of ether oxygens (including phenoxy) is 1. The van der Waals surface area contributed by atoms with Crippen molar-refractivity contribution in [1.82, 2.24) is 4.90 Å². The lowest BCUT2D eigenvalue weighted by molar-refractivity contribution is -0.123. The first-order valence-corrected chi connectivity index (χ1v) is 5.39. The molecule has 0 radical (unpaired) electrons. The van der Waals surface area contributed by atoms with Crippen molar-refractivity contribution in [3.8, 4) is 0 Å². The van der Waals surface area contributed by atoms with Crippen LogP contribution in [0.5, 0.6) is 0 Å². The van der Waals surface area contributed by atoms with Crippen molar-refractivity contribution in [2.45, 2.75) is 45.3 Å². The number of amides is 1. The molecular formula is C11H17NO3. The number of carbonyl (C=O) groups is 2. The number of Topliss-reactive ketones (excluding diaryl/α,β-unsaturated/α-hetero) is 1. The van der Waals surface area contributed by atoms with Gasteiger partial charge in [0, 0.05) is 13.0 Å². The van der Waals surface area contributed by atoms with Gasteiger partial charge < -0.3 is 4.74 Å². The minimum atomic E-state index is -0.484. The van der Waals surface area contributed by atoms with Gasteiger partial charge in [-0.15, -0.1) is 0 Å². The van der Waals surface area contributed by atoms with Gasteiger partial charge in [-0.3, -0.25) is 9.69 Å². The lowest BCUT2D eigenvalue weighted by Gasteiger charge is -2.29. The maximum absolute atomic E-state index is 11.7. The van der Waals surface area contributed by atoms with E-state index in [0.717, 1.165) is 6.42 Å². The van der Waals surface area contributed by atoms with E-state index in [9.17, 15) is 9.59 Å². The standard InChI is InChI=1S/C11H17NO3/c1-11(2,3)15-10(14)12-6-7-4-8(12)9(13)5-7/h7-8H,4-6H2,1-3H3/t7-,8+/m1/s1. The van der Waals surface area contributed by atoms with Gasteiger partial charge >= 0.3 is 6.09 Å². The number of rotatable bonds is 0. The summed E-state index contributed by atoms with van der Waals surface area (Å²) in [6.07, 6.45) is 1.13. The molecule has 4 heteroatoms. The van der Waals surface area contributed by atoms with Crippen molar-refractivity contribution in [1.29, 1.82) is 0 Å². The molecule has 2 rings (SSSR count). The normalized spacial score (nSPS) is 29.8. The fraction of sp³-hybridized carbons (Fsp3) is 0.818. The highest BCUT2D eigenvalue weighted by Crippen LogP contribution is 2.35. The minimum absolute atomic E-state index is 0.192. The average Bonchev–Trinajstić information content (AvgIpc) is 2.58. The highest BCUT2D eigenvalue weighted by Gasteiger charge is 2.47. The molecule has 2 fully saturated rings. The lowest BCUT2D eigenvalue weighted by atomic mass is 10.1. The molecule has 0 N–H and O–H groups in total. The monoisotopic (exact) mass is 211 g/mol. The summed E-state index contributed by atoms with van der Waals surface area (Å²) >= 11 is 0. The van der Waals surface area contributed by atoms with Gasteiger partial charge in [0.25, 0.3) is 0 Å². The second kappa shape index (κ2) is 3.22. The van der Waals surface area contributed by atoms with Gasteiger partial charge in [-0.05, 0) is 33.1 Å². The van der Waals surface area contributed by atoms with Crippen molar-refractivity contribution >= 4 is 11.9 Å². The molecule has 1 aliphatic heterocycles. The van der Waals surface area contributed by atoms with Gasteiger partial charge in [-0.1, -0.05) is 0 Å². The molecule has 84 valence electrons. The first kappa shape index (κ1) is 10.5. The molecule has 2 aliphatic rings. The molecular weight excluding hydrogens is 194 g/mol. The van der Waals surface area contributed by atoms with E-state index in [1.807, 2.05) is 20.8 Å². The van der Waals surface area contributed by atoms with E-state index in [4.69, 9.17) is 4.74 Å². The number of hydrogen-bond donors (Lipinski definition) is 0. The third-order valence-corrected chi connectivity index (χ3v) is 2.88. The summed E-state index contributed by atoms with van der Waals surface area (Å²) in [5, 5.41) is 0. The third-order valence-electron chi connectivity index (χ3n) is 2.88. The van der Waals surface area contributed by atoms with Gasteiger partial charge in [0.1, 0.15) is 5.60 Å². The Balaban J connectivity index is 2.01. The Hall–Kier alpha value is -1.06. The van der Waals surface area contributed by atoms with E-state index in [1.54, 1.807) is 4.90 Å². The first-order chi connectivity index (χ1) is 6.87. The van der Waals surface area contributed by atoms with Crippen LogP contribution in [-0.4, -0.2) is 35.0 Å². The number of piperidine rings is 1. The largest absolute Gasteiger partial charge is 0.444 e. The van der Waals surface area contributed by atoms with Crippen molar-refractivity contribution in [2.24, 2.45) is 5.92 Å². The van der Waals surface area contributed by atoms with Gasteiger partial charge in [0.05, 0.1) is 6.04 Å². The zero-order valence-corrected chi connectivity index (χ0v) is 9.45. The highest BCUT2D eigenvalue weighted by atomic mass is 16.6. The van der Waals surface area contributed by atoms with E-state index in [1.165, 1.54) is 0 Å². The van der Waals surface area contributed by atoms with Crippen LogP contribution in [-0.2, 0) is 9.53 Å². The fourth-order valence-electron chi connectivity index (χ4n) is 2.32. The molecule has 4 nitrogen and oxygen atoms in total. The molecule has 0 aromatic carbocycles. The van der Waals surface area contributed by atoms with Crippen LogP contribution in [0.25, 0.3) is 0 Å². The number of nitrogens with zero attached hydrogens (tertiary/aromatic N) is 1. The van der Waals surface area contributed by atoms with E-state index in [2.05, 4.69) is 0 Å². The van der Waals surface area contributed by atoms with Gasteiger partial charge in [-0.2, -0.15) is 0 Å². The molecule has 0 aromatic heterocycles. The molecule has 1 amide bonds. The van der Waals surface area contributed by atoms with Crippen LogP contribution in [0.1, 0.15) is 33.6 Å². The van der Waals surface area contributed by atoms with Crippen LogP contribution in [0.3, 0.4) is 0 Å². The van der Waals surface area contributed by atoms with E-state index in [0.29, 0.717) is 18.9 Å². The molecule has 2 bridgehead atoms. The summed E-state index contributed by atoms with van der Waals surface area (Å²) in [6.45, 7) is 6.19. The number of carbonyl (C=O) groups excluding carboxylic acids is 2. The van der Waals surface area contributed by atoms with Crippen LogP contribution in [0.15, 0.2) is 0 Å². The Morgan fingerprint density at radius 1 is 1.47 bits per heavy atom.